The molecule has 164 valence electrons. The van der Waals surface area contributed by atoms with Gasteiger partial charge in [0.2, 0.25) is 0 Å². The van der Waals surface area contributed by atoms with Crippen LogP contribution in [-0.2, 0) is 26.0 Å². The summed E-state index contributed by atoms with van der Waals surface area (Å²) in [4.78, 5) is 30.3. The predicted octanol–water partition coefficient (Wildman–Crippen LogP) is 3.75. The maximum Gasteiger partial charge on any atom is 0.267 e. The Morgan fingerprint density at radius 2 is 1.84 bits per heavy atom. The zero-order valence-electron chi connectivity index (χ0n) is 16.7. The Morgan fingerprint density at radius 1 is 1.09 bits per heavy atom. The summed E-state index contributed by atoms with van der Waals surface area (Å²) in [6, 6.07) is 14.7. The number of carbonyl (C=O) groups excluding carboxylic acids is 2. The highest BCUT2D eigenvalue weighted by atomic mass is 79.9. The number of rotatable bonds is 3. The molecule has 2 aromatic rings. The molecule has 3 heterocycles. The van der Waals surface area contributed by atoms with E-state index in [0.29, 0.717) is 28.4 Å². The van der Waals surface area contributed by atoms with Gasteiger partial charge in [-0.25, -0.2) is 8.42 Å². The summed E-state index contributed by atoms with van der Waals surface area (Å²) in [6.07, 6.45) is 0.355. The van der Waals surface area contributed by atoms with Gasteiger partial charge in [-0.3, -0.25) is 14.5 Å². The van der Waals surface area contributed by atoms with Crippen LogP contribution >= 0.6 is 39.9 Å². The molecule has 5 rings (SSSR count). The predicted molar refractivity (Wildman–Crippen MR) is 133 cm³/mol. The maximum absolute atomic E-state index is 13.6. The zero-order valence-corrected chi connectivity index (χ0v) is 20.7. The summed E-state index contributed by atoms with van der Waals surface area (Å²) in [7, 11) is -3.18. The second-order valence-electron chi connectivity index (χ2n) is 7.84. The second kappa shape index (κ2) is 8.09. The molecule has 0 radical (unpaired) electrons. The lowest BCUT2D eigenvalue weighted by Crippen LogP contribution is -2.39. The molecular weight excluding hydrogens is 532 g/mol. The van der Waals surface area contributed by atoms with E-state index in [1.165, 1.54) is 4.90 Å². The third kappa shape index (κ3) is 3.72. The van der Waals surface area contributed by atoms with Crippen molar-refractivity contribution in [2.45, 2.75) is 19.0 Å². The fourth-order valence-electron chi connectivity index (χ4n) is 4.27. The number of sulfone groups is 1. The van der Waals surface area contributed by atoms with Gasteiger partial charge in [0.1, 0.15) is 4.32 Å². The van der Waals surface area contributed by atoms with Crippen molar-refractivity contribution in [2.24, 2.45) is 0 Å². The molecule has 0 saturated carbocycles. The zero-order chi connectivity index (χ0) is 22.6. The van der Waals surface area contributed by atoms with Crippen LogP contribution in [0.15, 0.2) is 57.9 Å². The molecule has 0 aliphatic carbocycles. The van der Waals surface area contributed by atoms with E-state index in [0.717, 1.165) is 27.5 Å². The van der Waals surface area contributed by atoms with Crippen LogP contribution in [0.2, 0.25) is 0 Å². The summed E-state index contributed by atoms with van der Waals surface area (Å²) < 4.78 is 25.0. The third-order valence-corrected chi connectivity index (χ3v) is 9.41. The van der Waals surface area contributed by atoms with Crippen LogP contribution in [0.3, 0.4) is 0 Å². The van der Waals surface area contributed by atoms with Crippen molar-refractivity contribution in [3.8, 4) is 0 Å². The normalized spacial score (nSPS) is 24.5. The summed E-state index contributed by atoms with van der Waals surface area (Å²) in [5.74, 6) is -0.710. The Kier molecular flexibility index (Phi) is 5.51. The van der Waals surface area contributed by atoms with Gasteiger partial charge < -0.3 is 4.90 Å². The molecule has 32 heavy (non-hydrogen) atoms. The lowest BCUT2D eigenvalue weighted by atomic mass is 10.1. The smallest absolute Gasteiger partial charge is 0.267 e. The molecule has 2 saturated heterocycles. The number of hydrogen-bond acceptors (Lipinski definition) is 6. The SMILES string of the molecule is O=C1/C(=C2\SC(=S)N(C3CCS(=O)(=O)C3)C2=O)c2cc(Br)ccc2N1Cc1ccccc1. The van der Waals surface area contributed by atoms with Gasteiger partial charge in [0, 0.05) is 10.0 Å². The van der Waals surface area contributed by atoms with E-state index in [1.54, 1.807) is 4.90 Å². The van der Waals surface area contributed by atoms with Gasteiger partial charge in [-0.15, -0.1) is 0 Å². The van der Waals surface area contributed by atoms with Crippen molar-refractivity contribution in [1.29, 1.82) is 0 Å². The minimum atomic E-state index is -3.18. The molecule has 6 nitrogen and oxygen atoms in total. The Bertz CT molecular complexity index is 1310. The van der Waals surface area contributed by atoms with E-state index in [2.05, 4.69) is 15.9 Å². The number of anilines is 1. The number of carbonyl (C=O) groups is 2. The van der Waals surface area contributed by atoms with Crippen molar-refractivity contribution >= 4 is 77.1 Å². The largest absolute Gasteiger partial charge is 0.303 e. The molecule has 3 aliphatic rings. The Balaban J connectivity index is 1.57. The molecular formula is C22H17BrN2O4S3. The molecule has 3 aliphatic heterocycles. The third-order valence-electron chi connectivity index (χ3n) is 5.76. The fourth-order valence-corrected chi connectivity index (χ4v) is 7.80. The van der Waals surface area contributed by atoms with Crippen LogP contribution in [0.4, 0.5) is 5.69 Å². The first-order valence-corrected chi connectivity index (χ1v) is 13.7. The van der Waals surface area contributed by atoms with Gasteiger partial charge in [0.05, 0.1) is 40.3 Å². The maximum atomic E-state index is 13.6. The molecule has 2 fully saturated rings. The minimum absolute atomic E-state index is 0.0419. The number of benzene rings is 2. The topological polar surface area (TPSA) is 74.8 Å². The van der Waals surface area contributed by atoms with E-state index in [1.807, 2.05) is 48.5 Å². The van der Waals surface area contributed by atoms with E-state index in [9.17, 15) is 18.0 Å². The summed E-state index contributed by atoms with van der Waals surface area (Å²) in [6.45, 7) is 0.374. The van der Waals surface area contributed by atoms with Crippen LogP contribution < -0.4 is 4.90 Å². The first-order valence-electron chi connectivity index (χ1n) is 9.91. The molecule has 0 bridgehead atoms. The average Bonchev–Trinajstić information content (AvgIpc) is 3.33. The minimum Gasteiger partial charge on any atom is -0.303 e. The number of nitrogens with zero attached hydrogens (tertiary/aromatic N) is 2. The fraction of sp³-hybridized carbons (Fsp3) is 0.227. The summed E-state index contributed by atoms with van der Waals surface area (Å²) in [5.41, 5.74) is 2.68. The van der Waals surface area contributed by atoms with Crippen LogP contribution in [0.25, 0.3) is 5.57 Å². The number of amides is 2. The number of halogens is 1. The number of hydrogen-bond donors (Lipinski definition) is 0. The number of fused-ring (bicyclic) bond motifs is 1. The van der Waals surface area contributed by atoms with Gasteiger partial charge in [-0.05, 0) is 30.2 Å². The van der Waals surface area contributed by atoms with Crippen LogP contribution in [-0.4, -0.2) is 47.0 Å². The van der Waals surface area contributed by atoms with E-state index in [4.69, 9.17) is 12.2 Å². The molecule has 0 N–H and O–H groups in total. The van der Waals surface area contributed by atoms with Crippen LogP contribution in [0, 0.1) is 0 Å². The molecule has 0 spiro atoms. The number of thioether (sulfide) groups is 1. The average molecular weight is 549 g/mol. The molecule has 2 aromatic carbocycles. The standard InChI is InChI=1S/C22H17BrN2O4S3/c23-14-6-7-17-16(10-14)18(20(26)24(17)11-13-4-2-1-3-5-13)19-21(27)25(22(30)31-19)15-8-9-32(28,29)12-15/h1-7,10,15H,8-9,11-12H2/b19-18-. The molecule has 1 unspecified atom stereocenters. The highest BCUT2D eigenvalue weighted by molar-refractivity contribution is 9.10. The Labute approximate surface area is 203 Å². The summed E-state index contributed by atoms with van der Waals surface area (Å²) in [5, 5.41) is 0. The van der Waals surface area contributed by atoms with E-state index >= 15 is 0 Å². The van der Waals surface area contributed by atoms with Crippen molar-refractivity contribution in [3.05, 3.63) is 69.0 Å². The van der Waals surface area contributed by atoms with Crippen molar-refractivity contribution < 1.29 is 18.0 Å². The highest BCUT2D eigenvalue weighted by Crippen LogP contribution is 2.46. The molecule has 1 atom stereocenters. The highest BCUT2D eigenvalue weighted by Gasteiger charge is 2.46. The first kappa shape index (κ1) is 21.8. The molecule has 10 heteroatoms. The van der Waals surface area contributed by atoms with E-state index < -0.39 is 21.8 Å². The molecule has 0 aromatic heterocycles. The van der Waals surface area contributed by atoms with Crippen molar-refractivity contribution in [3.63, 3.8) is 0 Å². The Hall–Kier alpha value is -2.01. The lowest BCUT2D eigenvalue weighted by molar-refractivity contribution is -0.123. The van der Waals surface area contributed by atoms with Gasteiger partial charge in [0.25, 0.3) is 11.8 Å². The van der Waals surface area contributed by atoms with Gasteiger partial charge in [0.15, 0.2) is 9.84 Å². The lowest BCUT2D eigenvalue weighted by Gasteiger charge is -2.21. The quantitative estimate of drug-likeness (QED) is 0.429. The van der Waals surface area contributed by atoms with Gasteiger partial charge in [-0.2, -0.15) is 0 Å². The monoisotopic (exact) mass is 548 g/mol. The van der Waals surface area contributed by atoms with Crippen LogP contribution in [0.1, 0.15) is 17.5 Å². The molecule has 2 amide bonds. The second-order valence-corrected chi connectivity index (χ2v) is 12.6. The number of thiocarbonyl (C=S) groups is 1. The van der Waals surface area contributed by atoms with Gasteiger partial charge >= 0.3 is 0 Å². The Morgan fingerprint density at radius 3 is 2.53 bits per heavy atom. The summed E-state index contributed by atoms with van der Waals surface area (Å²) >= 11 is 9.99. The van der Waals surface area contributed by atoms with E-state index in [-0.39, 0.29) is 22.3 Å². The first-order chi connectivity index (χ1) is 15.2. The van der Waals surface area contributed by atoms with Crippen molar-refractivity contribution in [2.75, 3.05) is 16.4 Å². The van der Waals surface area contributed by atoms with Crippen molar-refractivity contribution in [1.82, 2.24) is 4.90 Å². The van der Waals surface area contributed by atoms with Crippen LogP contribution in [0.5, 0.6) is 0 Å². The van der Waals surface area contributed by atoms with Gasteiger partial charge in [-0.1, -0.05) is 70.2 Å².